The molecule has 0 fully saturated rings. The highest BCUT2D eigenvalue weighted by molar-refractivity contribution is 6.22. The molecule has 1 aliphatic heterocycles. The number of halogens is 1. The van der Waals surface area contributed by atoms with Crippen LogP contribution < -0.4 is 4.74 Å². The fraction of sp³-hybridized carbons (Fsp3) is 0.0870. The van der Waals surface area contributed by atoms with E-state index in [0.717, 1.165) is 16.5 Å². The van der Waals surface area contributed by atoms with Gasteiger partial charge in [-0.05, 0) is 29.8 Å². The van der Waals surface area contributed by atoms with E-state index >= 15 is 0 Å². The minimum absolute atomic E-state index is 0.0552. The summed E-state index contributed by atoms with van der Waals surface area (Å²) in [5, 5.41) is 0. The second-order valence-electron chi connectivity index (χ2n) is 6.58. The average Bonchev–Trinajstić information content (AvgIpc) is 2.99. The van der Waals surface area contributed by atoms with E-state index in [-0.39, 0.29) is 23.3 Å². The quantitative estimate of drug-likeness (QED) is 0.380. The number of hydrogen-bond donors (Lipinski definition) is 0. The number of amides is 2. The molecule has 0 aromatic heterocycles. The molecule has 0 spiro atoms. The van der Waals surface area contributed by atoms with Crippen molar-refractivity contribution >= 4 is 17.8 Å². The van der Waals surface area contributed by atoms with Crippen LogP contribution in [0.15, 0.2) is 78.9 Å². The molecule has 0 unspecified atom stereocenters. The van der Waals surface area contributed by atoms with Crippen LogP contribution in [0.1, 0.15) is 26.3 Å². The van der Waals surface area contributed by atoms with Gasteiger partial charge in [0.15, 0.2) is 11.6 Å². The molecule has 2 amide bonds. The molecule has 0 aliphatic carbocycles. The highest BCUT2D eigenvalue weighted by Gasteiger charge is 2.43. The Labute approximate surface area is 166 Å². The predicted octanol–water partition coefficient (Wildman–Crippen LogP) is 3.64. The third kappa shape index (κ3) is 3.52. The van der Waals surface area contributed by atoms with Crippen molar-refractivity contribution in [3.05, 3.63) is 101 Å². The van der Waals surface area contributed by atoms with Gasteiger partial charge in [0.1, 0.15) is 6.04 Å². The summed E-state index contributed by atoms with van der Waals surface area (Å²) < 4.78 is 19.2. The minimum atomic E-state index is -1.23. The fourth-order valence-corrected chi connectivity index (χ4v) is 3.31. The van der Waals surface area contributed by atoms with E-state index in [1.807, 2.05) is 6.07 Å². The molecule has 1 heterocycles. The molecule has 0 saturated carbocycles. The summed E-state index contributed by atoms with van der Waals surface area (Å²) >= 11 is 0. The van der Waals surface area contributed by atoms with Gasteiger partial charge in [0.25, 0.3) is 11.8 Å². The predicted molar refractivity (Wildman–Crippen MR) is 103 cm³/mol. The molecule has 0 radical (unpaired) electrons. The van der Waals surface area contributed by atoms with Crippen molar-refractivity contribution < 1.29 is 23.5 Å². The molecule has 0 saturated heterocycles. The van der Waals surface area contributed by atoms with Crippen LogP contribution in [0.2, 0.25) is 0 Å². The van der Waals surface area contributed by atoms with Crippen LogP contribution in [0, 0.1) is 5.82 Å². The minimum Gasteiger partial charge on any atom is -0.422 e. The van der Waals surface area contributed by atoms with E-state index in [1.54, 1.807) is 36.4 Å². The van der Waals surface area contributed by atoms with Crippen LogP contribution in [-0.2, 0) is 11.2 Å². The first kappa shape index (κ1) is 18.6. The summed E-state index contributed by atoms with van der Waals surface area (Å²) in [6.07, 6.45) is 0.0552. The van der Waals surface area contributed by atoms with Gasteiger partial charge in [-0.2, -0.15) is 0 Å². The maximum Gasteiger partial charge on any atom is 0.335 e. The molecule has 3 aromatic carbocycles. The summed E-state index contributed by atoms with van der Waals surface area (Å²) in [6.45, 7) is 0. The number of hydrogen-bond acceptors (Lipinski definition) is 4. The lowest BCUT2D eigenvalue weighted by Crippen LogP contribution is -2.48. The number of carbonyl (C=O) groups excluding carboxylic acids is 3. The lowest BCUT2D eigenvalue weighted by Gasteiger charge is -2.24. The Kier molecular flexibility index (Phi) is 4.91. The van der Waals surface area contributed by atoms with Gasteiger partial charge in [0, 0.05) is 6.42 Å². The summed E-state index contributed by atoms with van der Waals surface area (Å²) in [7, 11) is 0. The third-order valence-electron chi connectivity index (χ3n) is 4.73. The van der Waals surface area contributed by atoms with Crippen molar-refractivity contribution in [2.45, 2.75) is 12.5 Å². The summed E-state index contributed by atoms with van der Waals surface area (Å²) in [5.41, 5.74) is 1.20. The Morgan fingerprint density at radius 2 is 1.38 bits per heavy atom. The van der Waals surface area contributed by atoms with Crippen molar-refractivity contribution in [3.63, 3.8) is 0 Å². The van der Waals surface area contributed by atoms with E-state index in [4.69, 9.17) is 4.74 Å². The Hall–Kier alpha value is -3.80. The molecule has 5 nitrogen and oxygen atoms in total. The van der Waals surface area contributed by atoms with E-state index in [9.17, 15) is 18.8 Å². The highest BCUT2D eigenvalue weighted by atomic mass is 19.1. The topological polar surface area (TPSA) is 63.7 Å². The molecule has 1 atom stereocenters. The lowest BCUT2D eigenvalue weighted by atomic mass is 10.0. The standard InChI is InChI=1S/C23H16FNO4/c24-18-12-6-7-13-20(18)29-23(28)19(14-15-8-2-1-3-9-15)25-21(26)16-10-4-5-11-17(16)22(25)27/h1-13,19H,14H2/t19-/m0/s1. The van der Waals surface area contributed by atoms with Crippen molar-refractivity contribution in [1.82, 2.24) is 4.90 Å². The molecular weight excluding hydrogens is 373 g/mol. The second kappa shape index (κ2) is 7.67. The maximum absolute atomic E-state index is 14.0. The number of benzene rings is 3. The lowest BCUT2D eigenvalue weighted by molar-refractivity contribution is -0.139. The number of carbonyl (C=O) groups is 3. The zero-order valence-electron chi connectivity index (χ0n) is 15.2. The summed E-state index contributed by atoms with van der Waals surface area (Å²) in [5.74, 6) is -2.99. The fourth-order valence-electron chi connectivity index (χ4n) is 3.31. The van der Waals surface area contributed by atoms with Crippen LogP contribution in [-0.4, -0.2) is 28.7 Å². The van der Waals surface area contributed by atoms with Gasteiger partial charge in [-0.25, -0.2) is 9.18 Å². The molecule has 29 heavy (non-hydrogen) atoms. The van der Waals surface area contributed by atoms with Gasteiger partial charge in [-0.15, -0.1) is 0 Å². The smallest absolute Gasteiger partial charge is 0.335 e. The Morgan fingerprint density at radius 1 is 0.828 bits per heavy atom. The Balaban J connectivity index is 1.69. The number of nitrogens with zero attached hydrogens (tertiary/aromatic N) is 1. The van der Waals surface area contributed by atoms with Crippen LogP contribution in [0.3, 0.4) is 0 Å². The van der Waals surface area contributed by atoms with Gasteiger partial charge >= 0.3 is 5.97 Å². The Morgan fingerprint density at radius 3 is 2.00 bits per heavy atom. The second-order valence-corrected chi connectivity index (χ2v) is 6.58. The molecular formula is C23H16FNO4. The molecule has 4 rings (SSSR count). The first-order valence-electron chi connectivity index (χ1n) is 9.03. The number of imide groups is 1. The number of fused-ring (bicyclic) bond motifs is 1. The normalized spacial score (nSPS) is 13.9. The number of para-hydroxylation sites is 1. The van der Waals surface area contributed by atoms with Gasteiger partial charge in [-0.1, -0.05) is 54.6 Å². The first-order valence-corrected chi connectivity index (χ1v) is 9.03. The van der Waals surface area contributed by atoms with E-state index < -0.39 is 29.6 Å². The highest BCUT2D eigenvalue weighted by Crippen LogP contribution is 2.27. The summed E-state index contributed by atoms with van der Waals surface area (Å²) in [6, 6.07) is 19.6. The van der Waals surface area contributed by atoms with Gasteiger partial charge in [0.05, 0.1) is 11.1 Å². The maximum atomic E-state index is 14.0. The van der Waals surface area contributed by atoms with Gasteiger partial charge in [-0.3, -0.25) is 14.5 Å². The third-order valence-corrected chi connectivity index (χ3v) is 4.73. The van der Waals surface area contributed by atoms with Gasteiger partial charge < -0.3 is 4.74 Å². The van der Waals surface area contributed by atoms with Crippen LogP contribution in [0.25, 0.3) is 0 Å². The molecule has 0 bridgehead atoms. The number of ether oxygens (including phenoxy) is 1. The van der Waals surface area contributed by atoms with Crippen LogP contribution in [0.5, 0.6) is 5.75 Å². The molecule has 3 aromatic rings. The zero-order chi connectivity index (χ0) is 20.4. The SMILES string of the molecule is O=C(Oc1ccccc1F)[C@H](Cc1ccccc1)N1C(=O)c2ccccc2C1=O. The van der Waals surface area contributed by atoms with Crippen LogP contribution >= 0.6 is 0 Å². The monoisotopic (exact) mass is 389 g/mol. The largest absolute Gasteiger partial charge is 0.422 e. The van der Waals surface area contributed by atoms with Crippen molar-refractivity contribution in [3.8, 4) is 5.75 Å². The zero-order valence-corrected chi connectivity index (χ0v) is 15.2. The van der Waals surface area contributed by atoms with Crippen LogP contribution in [0.4, 0.5) is 4.39 Å². The summed E-state index contributed by atoms with van der Waals surface area (Å²) in [4.78, 5) is 39.6. The van der Waals surface area contributed by atoms with E-state index in [0.29, 0.717) is 0 Å². The van der Waals surface area contributed by atoms with E-state index in [1.165, 1.54) is 30.3 Å². The van der Waals surface area contributed by atoms with E-state index in [2.05, 4.69) is 0 Å². The first-order chi connectivity index (χ1) is 14.1. The number of esters is 1. The molecule has 1 aliphatic rings. The van der Waals surface area contributed by atoms with Crippen molar-refractivity contribution in [2.75, 3.05) is 0 Å². The molecule has 6 heteroatoms. The van der Waals surface area contributed by atoms with Crippen molar-refractivity contribution in [1.29, 1.82) is 0 Å². The number of rotatable bonds is 5. The molecule has 0 N–H and O–H groups in total. The Bertz CT molecular complexity index is 1060. The van der Waals surface area contributed by atoms with Crippen molar-refractivity contribution in [2.24, 2.45) is 0 Å². The average molecular weight is 389 g/mol. The molecule has 144 valence electrons. The van der Waals surface area contributed by atoms with Gasteiger partial charge in [0.2, 0.25) is 0 Å².